The normalized spacial score (nSPS) is 24.0. The predicted octanol–water partition coefficient (Wildman–Crippen LogP) is -1.60. The summed E-state index contributed by atoms with van der Waals surface area (Å²) in [7, 11) is 3.53. The molecule has 0 N–H and O–H groups in total. The van der Waals surface area contributed by atoms with Gasteiger partial charge in [-0.15, -0.1) is 0 Å². The molecule has 0 amide bonds. The molecule has 1 saturated heterocycles. The summed E-state index contributed by atoms with van der Waals surface area (Å²) in [5, 5.41) is 0. The summed E-state index contributed by atoms with van der Waals surface area (Å²) in [5.74, 6) is 0. The molecule has 84 valence electrons. The molecule has 1 aliphatic rings. The van der Waals surface area contributed by atoms with Gasteiger partial charge in [-0.3, -0.25) is 0 Å². The van der Waals surface area contributed by atoms with Crippen LogP contribution in [0, 0.1) is 0 Å². The van der Waals surface area contributed by atoms with E-state index in [-0.39, 0.29) is 57.4 Å². The zero-order valence-corrected chi connectivity index (χ0v) is 12.8. The fourth-order valence-electron chi connectivity index (χ4n) is 1.97. The smallest absolute Gasteiger partial charge is 0.448 e. The summed E-state index contributed by atoms with van der Waals surface area (Å²) in [6, 6.07) is 0.0669. The molecular weight excluding hydrogens is 231 g/mol. The average molecular weight is 248 g/mol. The van der Waals surface area contributed by atoms with E-state index in [4.69, 9.17) is 0 Å². The van der Waals surface area contributed by atoms with Gasteiger partial charge in [-0.05, 0) is 39.9 Å². The zero-order chi connectivity index (χ0) is 10.8. The molecule has 7 heteroatoms. The van der Waals surface area contributed by atoms with E-state index in [1.165, 1.54) is 4.90 Å². The summed E-state index contributed by atoms with van der Waals surface area (Å²) >= 11 is 0. The Kier molecular flexibility index (Phi) is 7.64. The Hall–Kier alpha value is 1.41. The van der Waals surface area contributed by atoms with Gasteiger partial charge in [0.1, 0.15) is 0 Å². The fraction of sp³-hybridized carbons (Fsp3) is 1.00. The molecule has 1 fully saturated rings. The number of hydrogen-bond acceptors (Lipinski definition) is 2. The van der Waals surface area contributed by atoms with Gasteiger partial charge < -0.3 is 22.7 Å². The van der Waals surface area contributed by atoms with Crippen molar-refractivity contribution in [2.75, 3.05) is 33.6 Å². The van der Waals surface area contributed by atoms with Gasteiger partial charge in [0.2, 0.25) is 0 Å². The van der Waals surface area contributed by atoms with E-state index in [0.717, 1.165) is 25.9 Å². The molecule has 0 saturated carbocycles. The monoisotopic (exact) mass is 248 g/mol. The molecule has 0 radical (unpaired) electrons. The van der Waals surface area contributed by atoms with E-state index in [1.54, 1.807) is 7.05 Å². The van der Waals surface area contributed by atoms with Crippen molar-refractivity contribution in [2.24, 2.45) is 0 Å². The third kappa shape index (κ3) is 6.65. The topological polar surface area (TPSA) is 6.48 Å². The van der Waals surface area contributed by atoms with Crippen LogP contribution in [0.3, 0.4) is 0 Å². The maximum atomic E-state index is 12.2. The SMILES string of the molecule is CN1CCCC(N(C)C[B-](F)(F)F)C1.[K+]. The molecule has 1 atom stereocenters. The van der Waals surface area contributed by atoms with E-state index in [9.17, 15) is 12.9 Å². The van der Waals surface area contributed by atoms with Crippen LogP contribution in [0.2, 0.25) is 0 Å². The summed E-state index contributed by atoms with van der Waals surface area (Å²) in [4.78, 5) is 3.53. The van der Waals surface area contributed by atoms with Gasteiger partial charge in [0.15, 0.2) is 0 Å². The number of rotatable bonds is 3. The molecule has 1 unspecified atom stereocenters. The van der Waals surface area contributed by atoms with Gasteiger partial charge in [0, 0.05) is 12.6 Å². The van der Waals surface area contributed by atoms with Crippen LogP contribution in [0.4, 0.5) is 12.9 Å². The molecule has 0 aromatic carbocycles. The van der Waals surface area contributed by atoms with E-state index in [1.807, 2.05) is 7.05 Å². The first-order valence-electron chi connectivity index (χ1n) is 4.98. The van der Waals surface area contributed by atoms with Crippen molar-refractivity contribution in [3.05, 3.63) is 0 Å². The van der Waals surface area contributed by atoms with Crippen molar-refractivity contribution in [2.45, 2.75) is 18.9 Å². The molecule has 15 heavy (non-hydrogen) atoms. The Morgan fingerprint density at radius 1 is 1.40 bits per heavy atom. The second kappa shape index (κ2) is 6.98. The molecule has 1 rings (SSSR count). The van der Waals surface area contributed by atoms with Crippen LogP contribution in [-0.4, -0.2) is 56.4 Å². The first-order chi connectivity index (χ1) is 6.38. The van der Waals surface area contributed by atoms with E-state index < -0.39 is 13.4 Å². The third-order valence-corrected chi connectivity index (χ3v) is 2.72. The second-order valence-corrected chi connectivity index (χ2v) is 4.21. The van der Waals surface area contributed by atoms with Crippen molar-refractivity contribution >= 4 is 6.98 Å². The van der Waals surface area contributed by atoms with Crippen molar-refractivity contribution in [3.8, 4) is 0 Å². The number of hydrogen-bond donors (Lipinski definition) is 0. The predicted molar refractivity (Wildman–Crippen MR) is 52.2 cm³/mol. The molecule has 1 aliphatic heterocycles. The molecule has 1 heterocycles. The first-order valence-corrected chi connectivity index (χ1v) is 4.98. The van der Waals surface area contributed by atoms with Crippen LogP contribution < -0.4 is 51.4 Å². The number of likely N-dealkylation sites (N-methyl/N-ethyl adjacent to an activating group) is 2. The Morgan fingerprint density at radius 2 is 2.00 bits per heavy atom. The number of halogens is 3. The Balaban J connectivity index is 0.00000196. The minimum absolute atomic E-state index is 0. The van der Waals surface area contributed by atoms with Crippen LogP contribution >= 0.6 is 0 Å². The van der Waals surface area contributed by atoms with E-state index in [2.05, 4.69) is 4.90 Å². The first kappa shape index (κ1) is 16.4. The van der Waals surface area contributed by atoms with Crippen LogP contribution in [-0.2, 0) is 0 Å². The Morgan fingerprint density at radius 3 is 2.47 bits per heavy atom. The standard InChI is InChI=1S/C8H17BF3N2.K/c1-13-5-3-4-8(6-13)14(2)7-9(10,11)12;/h8H,3-7H2,1-2H3;/q-1;+1. The number of likely N-dealkylation sites (tertiary alicyclic amines) is 1. The van der Waals surface area contributed by atoms with Gasteiger partial charge in [0.25, 0.3) is 0 Å². The summed E-state index contributed by atoms with van der Waals surface area (Å²) in [6.45, 7) is -2.93. The average Bonchev–Trinajstić information content (AvgIpc) is 2.01. The maximum absolute atomic E-state index is 12.2. The van der Waals surface area contributed by atoms with Crippen molar-refractivity contribution < 1.29 is 64.3 Å². The summed E-state index contributed by atoms with van der Waals surface area (Å²) < 4.78 is 36.5. The molecule has 0 aliphatic carbocycles. The van der Waals surface area contributed by atoms with Crippen LogP contribution in [0.1, 0.15) is 12.8 Å². The van der Waals surface area contributed by atoms with Gasteiger partial charge in [-0.2, -0.15) is 0 Å². The van der Waals surface area contributed by atoms with Gasteiger partial charge in [-0.25, -0.2) is 0 Å². The Bertz CT molecular complexity index is 191. The minimum atomic E-state index is -4.68. The Labute approximate surface area is 132 Å². The third-order valence-electron chi connectivity index (χ3n) is 2.72. The molecule has 0 aromatic rings. The largest absolute Gasteiger partial charge is 1.00 e. The van der Waals surface area contributed by atoms with Crippen molar-refractivity contribution in [1.29, 1.82) is 0 Å². The van der Waals surface area contributed by atoms with Gasteiger partial charge in [0.05, 0.1) is 0 Å². The summed E-state index contributed by atoms with van der Waals surface area (Å²) in [6.07, 6.45) is 1.14. The number of nitrogens with zero attached hydrogens (tertiary/aromatic N) is 2. The maximum Gasteiger partial charge on any atom is 1.00 e. The van der Waals surface area contributed by atoms with Crippen LogP contribution in [0.25, 0.3) is 0 Å². The summed E-state index contributed by atoms with van der Waals surface area (Å²) in [5.41, 5.74) is 0. The molecule has 0 aromatic heterocycles. The molecule has 2 nitrogen and oxygen atoms in total. The molecular formula is C8H17BF3KN2. The van der Waals surface area contributed by atoms with Crippen LogP contribution in [0.5, 0.6) is 0 Å². The molecule has 0 bridgehead atoms. The van der Waals surface area contributed by atoms with Crippen molar-refractivity contribution in [1.82, 2.24) is 9.80 Å². The van der Waals surface area contributed by atoms with Crippen LogP contribution in [0.15, 0.2) is 0 Å². The van der Waals surface area contributed by atoms with Crippen molar-refractivity contribution in [3.63, 3.8) is 0 Å². The van der Waals surface area contributed by atoms with E-state index >= 15 is 0 Å². The fourth-order valence-corrected chi connectivity index (χ4v) is 1.97. The van der Waals surface area contributed by atoms with E-state index in [0.29, 0.717) is 0 Å². The second-order valence-electron chi connectivity index (χ2n) is 4.21. The minimum Gasteiger partial charge on any atom is -0.448 e. The van der Waals surface area contributed by atoms with Gasteiger partial charge >= 0.3 is 58.4 Å². The quantitative estimate of drug-likeness (QED) is 0.555. The zero-order valence-electron chi connectivity index (χ0n) is 9.72. The van der Waals surface area contributed by atoms with Gasteiger partial charge in [-0.1, -0.05) is 0 Å². The molecule has 0 spiro atoms. The number of piperidine rings is 1.